The molecule has 2 saturated heterocycles. The predicted octanol–water partition coefficient (Wildman–Crippen LogP) is 7.46. The van der Waals surface area contributed by atoms with Gasteiger partial charge in [0.2, 0.25) is 11.8 Å². The molecule has 2 fully saturated rings. The van der Waals surface area contributed by atoms with Crippen molar-refractivity contribution in [3.05, 3.63) is 70.4 Å². The first-order valence-corrected chi connectivity index (χ1v) is 18.1. The molecule has 0 saturated carbocycles. The van der Waals surface area contributed by atoms with E-state index in [1.165, 1.54) is 7.11 Å². The van der Waals surface area contributed by atoms with Gasteiger partial charge in [-0.2, -0.15) is 54.0 Å². The van der Waals surface area contributed by atoms with E-state index in [1.807, 2.05) is 62.1 Å². The Morgan fingerprint density at radius 3 is 2.07 bits per heavy atom. The Morgan fingerprint density at radius 2 is 1.47 bits per heavy atom. The third-order valence-corrected chi connectivity index (χ3v) is 10.5. The summed E-state index contributed by atoms with van der Waals surface area (Å²) in [5, 5.41) is 3.20. The van der Waals surface area contributed by atoms with Crippen molar-refractivity contribution in [1.82, 2.24) is 35.1 Å². The molecule has 3 N–H and O–H groups in total. The maximum absolute atomic E-state index is 13.5. The number of aromatic nitrogens is 4. The van der Waals surface area contributed by atoms with Crippen LogP contribution in [0.3, 0.4) is 0 Å². The summed E-state index contributed by atoms with van der Waals surface area (Å²) in [6.45, 7) is 11.3. The molecule has 0 unspecified atom stereocenters. The van der Waals surface area contributed by atoms with Crippen molar-refractivity contribution < 1.29 is 19.1 Å². The number of benzene rings is 2. The number of H-pyrrole nitrogens is 2. The highest BCUT2D eigenvalue weighted by Gasteiger charge is 2.38. The van der Waals surface area contributed by atoms with Gasteiger partial charge in [0, 0.05) is 30.1 Å². The molecule has 4 aromatic rings. The summed E-state index contributed by atoms with van der Waals surface area (Å²) in [5.41, 5.74) is 4.87. The van der Waals surface area contributed by atoms with Gasteiger partial charge in [-0.1, -0.05) is 70.2 Å². The van der Waals surface area contributed by atoms with Gasteiger partial charge in [-0.25, -0.2) is 14.8 Å². The van der Waals surface area contributed by atoms with Crippen molar-refractivity contribution >= 4 is 94.5 Å². The fourth-order valence-electron chi connectivity index (χ4n) is 6.88. The second-order valence-corrected chi connectivity index (χ2v) is 14.7. The number of nitrogens with one attached hydrogen (secondary N) is 3. The van der Waals surface area contributed by atoms with Gasteiger partial charge in [0.15, 0.2) is 0 Å². The number of imidazole rings is 2. The number of ether oxygens (including phenoxy) is 1. The van der Waals surface area contributed by atoms with Gasteiger partial charge in [-0.3, -0.25) is 9.59 Å². The van der Waals surface area contributed by atoms with Crippen LogP contribution in [-0.4, -0.2) is 73.9 Å². The first-order valence-electron chi connectivity index (χ1n) is 17.8. The zero-order valence-corrected chi connectivity index (χ0v) is 36.8. The molecule has 4 atom stereocenters. The molecule has 0 spiro atoms. The fraction of sp³-hybridized carbons (Fsp3) is 0.462. The number of carbonyl (C=O) groups excluding carboxylic acids is 3. The first kappa shape index (κ1) is 47.7. The number of halogens is 1. The molecule has 0 bridgehead atoms. The highest BCUT2D eigenvalue weighted by atomic mass is 35.5. The van der Waals surface area contributed by atoms with E-state index in [9.17, 15) is 14.4 Å². The fourth-order valence-corrected chi connectivity index (χ4v) is 7.09. The Balaban J connectivity index is 0.00000261. The van der Waals surface area contributed by atoms with Crippen molar-refractivity contribution in [2.75, 3.05) is 20.2 Å². The molecular weight excluding hydrogens is 794 g/mol. The highest BCUT2D eigenvalue weighted by molar-refractivity contribution is 7.59. The van der Waals surface area contributed by atoms with Crippen LogP contribution in [0, 0.1) is 29.6 Å². The van der Waals surface area contributed by atoms with Crippen molar-refractivity contribution in [3.8, 4) is 23.1 Å². The van der Waals surface area contributed by atoms with Gasteiger partial charge in [-0.05, 0) is 67.3 Å². The summed E-state index contributed by atoms with van der Waals surface area (Å²) >= 11 is 6.67. The molecular formula is C39H54ClN7O4S4. The van der Waals surface area contributed by atoms with Gasteiger partial charge >= 0.3 is 6.09 Å². The zero-order valence-electron chi connectivity index (χ0n) is 32.0. The lowest BCUT2D eigenvalue weighted by Gasteiger charge is -2.30. The maximum atomic E-state index is 13.5. The zero-order chi connectivity index (χ0) is 36.4. The molecule has 11 nitrogen and oxygen atoms in total. The number of carbonyl (C=O) groups is 3. The molecule has 6 rings (SSSR count). The van der Waals surface area contributed by atoms with Crippen LogP contribution < -0.4 is 5.32 Å². The Labute approximate surface area is 356 Å². The number of hydrogen-bond acceptors (Lipinski definition) is 6. The molecule has 2 aliphatic rings. The van der Waals surface area contributed by atoms with Crippen LogP contribution in [0.1, 0.15) is 95.2 Å². The number of methoxy groups -OCH3 is 1. The topological polar surface area (TPSA) is 136 Å². The van der Waals surface area contributed by atoms with E-state index >= 15 is 0 Å². The molecule has 4 heterocycles. The van der Waals surface area contributed by atoms with E-state index in [2.05, 4.69) is 46.0 Å². The average Bonchev–Trinajstić information content (AvgIpc) is 3.94. The standard InChI is InChI=1S/C39H46ClN7O4.4H2S/c1-22(2)24(5)37(48)46-17-8-10-33(46)36-42-29-19-27(28(40)20-30(29)43-36)16-13-25-11-14-26(15-12-25)31-21-41-35(44-31)32-9-7-18-47(32)38(49)34(23(3)4)45-39(50)51-6;;;;/h11-12,14-15,19-24,32-34H,7-10,17-18H2,1-6H3,(H,41,44)(H,42,43)(H,45,50);4*1H2/t24-,32-,33-,34-;;;;/m0..../s1. The number of hydrogen-bond donors (Lipinski definition) is 3. The number of amides is 3. The number of aromatic amines is 2. The molecule has 300 valence electrons. The van der Waals surface area contributed by atoms with E-state index in [-0.39, 0.29) is 95.6 Å². The lowest BCUT2D eigenvalue weighted by molar-refractivity contribution is -0.137. The minimum atomic E-state index is -0.687. The second kappa shape index (κ2) is 20.7. The van der Waals surface area contributed by atoms with Crippen LogP contribution in [-0.2, 0) is 14.3 Å². The minimum Gasteiger partial charge on any atom is -0.453 e. The summed E-state index contributed by atoms with van der Waals surface area (Å²) in [6, 6.07) is 10.6. The van der Waals surface area contributed by atoms with Gasteiger partial charge in [0.25, 0.3) is 0 Å². The lowest BCUT2D eigenvalue weighted by atomic mass is 9.96. The highest BCUT2D eigenvalue weighted by Crippen LogP contribution is 2.35. The maximum Gasteiger partial charge on any atom is 0.407 e. The predicted molar refractivity (Wildman–Crippen MR) is 238 cm³/mol. The smallest absolute Gasteiger partial charge is 0.407 e. The Bertz CT molecular complexity index is 1990. The van der Waals surface area contributed by atoms with Crippen molar-refractivity contribution in [3.63, 3.8) is 0 Å². The molecule has 2 aliphatic heterocycles. The van der Waals surface area contributed by atoms with E-state index in [4.69, 9.17) is 21.3 Å². The molecule has 55 heavy (non-hydrogen) atoms. The number of rotatable bonds is 8. The minimum absolute atomic E-state index is 0. The Morgan fingerprint density at radius 1 is 0.855 bits per heavy atom. The molecule has 0 aliphatic carbocycles. The molecule has 16 heteroatoms. The third kappa shape index (κ3) is 10.5. The quantitative estimate of drug-likeness (QED) is 0.158. The molecule has 2 aromatic heterocycles. The first-order chi connectivity index (χ1) is 24.4. The molecule has 3 amide bonds. The normalized spacial score (nSPS) is 17.3. The van der Waals surface area contributed by atoms with Gasteiger partial charge in [0.05, 0.1) is 47.1 Å². The van der Waals surface area contributed by atoms with Crippen LogP contribution in [0.15, 0.2) is 42.6 Å². The average molecular weight is 849 g/mol. The largest absolute Gasteiger partial charge is 0.453 e. The SMILES string of the molecule is COC(=O)N[C@H](C(=O)N1CCC[C@H]1c1ncc(-c2ccc(C#Cc3cc4[nH]c([C@@H]5CCCN5C(=O)[C@@H](C)C(C)C)nc4cc3Cl)cc2)[nH]1)C(C)C.S.S.S.S. The third-order valence-electron chi connectivity index (χ3n) is 10.2. The molecule has 0 radical (unpaired) electrons. The number of alkyl carbamates (subject to hydrolysis) is 1. The van der Waals surface area contributed by atoms with E-state index in [0.29, 0.717) is 23.0 Å². The van der Waals surface area contributed by atoms with Gasteiger partial charge in [0.1, 0.15) is 17.7 Å². The second-order valence-electron chi connectivity index (χ2n) is 14.3. The van der Waals surface area contributed by atoms with Crippen LogP contribution in [0.4, 0.5) is 4.79 Å². The van der Waals surface area contributed by atoms with E-state index in [0.717, 1.165) is 65.9 Å². The summed E-state index contributed by atoms with van der Waals surface area (Å²) in [6.07, 6.45) is 4.61. The van der Waals surface area contributed by atoms with Crippen molar-refractivity contribution in [1.29, 1.82) is 0 Å². The lowest BCUT2D eigenvalue weighted by Crippen LogP contribution is -2.51. The van der Waals surface area contributed by atoms with Crippen LogP contribution in [0.2, 0.25) is 5.02 Å². The van der Waals surface area contributed by atoms with Crippen LogP contribution in [0.5, 0.6) is 0 Å². The van der Waals surface area contributed by atoms with Crippen LogP contribution >= 0.6 is 65.6 Å². The molecule has 2 aromatic carbocycles. The summed E-state index contributed by atoms with van der Waals surface area (Å²) in [5.74, 6) is 8.10. The van der Waals surface area contributed by atoms with E-state index < -0.39 is 12.1 Å². The van der Waals surface area contributed by atoms with Gasteiger partial charge in [-0.15, -0.1) is 0 Å². The Hall–Kier alpha value is -3.42. The monoisotopic (exact) mass is 847 g/mol. The number of nitrogens with zero attached hydrogens (tertiary/aromatic N) is 4. The Kier molecular flexibility index (Phi) is 17.9. The summed E-state index contributed by atoms with van der Waals surface area (Å²) < 4.78 is 4.74. The van der Waals surface area contributed by atoms with E-state index in [1.54, 1.807) is 11.1 Å². The summed E-state index contributed by atoms with van der Waals surface area (Å²) in [7, 11) is 1.29. The number of fused-ring (bicyclic) bond motifs is 1. The van der Waals surface area contributed by atoms with Crippen molar-refractivity contribution in [2.24, 2.45) is 17.8 Å². The summed E-state index contributed by atoms with van der Waals surface area (Å²) in [4.78, 5) is 58.7. The van der Waals surface area contributed by atoms with Crippen LogP contribution in [0.25, 0.3) is 22.3 Å². The number of likely N-dealkylation sites (tertiary alicyclic amines) is 2. The van der Waals surface area contributed by atoms with Crippen molar-refractivity contribution in [2.45, 2.75) is 78.4 Å². The van der Waals surface area contributed by atoms with Gasteiger partial charge < -0.3 is 29.8 Å².